The lowest BCUT2D eigenvalue weighted by molar-refractivity contribution is -0.162. The highest BCUT2D eigenvalue weighted by Gasteiger charge is 2.30. The first-order valence-electron chi connectivity index (χ1n) is 7.99. The highest BCUT2D eigenvalue weighted by Crippen LogP contribution is 2.29. The molecule has 0 aromatic rings. The average Bonchev–Trinajstić information content (AvgIpc) is 2.39. The summed E-state index contributed by atoms with van der Waals surface area (Å²) in [6.07, 6.45) is 10.8. The lowest BCUT2D eigenvalue weighted by Crippen LogP contribution is -2.40. The summed E-state index contributed by atoms with van der Waals surface area (Å²) in [5, 5.41) is 3.01. The third kappa shape index (κ3) is 7.01. The van der Waals surface area contributed by atoms with Crippen LogP contribution in [-0.4, -0.2) is 24.2 Å². The first-order chi connectivity index (χ1) is 9.57. The molecule has 5 heteroatoms. The van der Waals surface area contributed by atoms with E-state index in [0.717, 1.165) is 45.1 Å². The van der Waals surface area contributed by atoms with Crippen molar-refractivity contribution >= 4 is 15.4 Å². The maximum Gasteiger partial charge on any atom is 0.323 e. The smallest absolute Gasteiger partial charge is 0.323 e. The second-order valence-corrected chi connectivity index (χ2v) is 6.60. The summed E-state index contributed by atoms with van der Waals surface area (Å²) in [6, 6.07) is -0.471. The van der Waals surface area contributed by atoms with E-state index in [9.17, 15) is 4.79 Å². The van der Waals surface area contributed by atoms with E-state index >= 15 is 0 Å². The molecule has 1 rings (SSSR count). The molecule has 20 heavy (non-hydrogen) atoms. The summed E-state index contributed by atoms with van der Waals surface area (Å²) in [4.78, 5) is 12.1. The van der Waals surface area contributed by atoms with Gasteiger partial charge in [0, 0.05) is 0 Å². The molecule has 0 aliphatic heterocycles. The summed E-state index contributed by atoms with van der Waals surface area (Å²) in [5.41, 5.74) is 5.65. The van der Waals surface area contributed by atoms with Gasteiger partial charge in [-0.25, -0.2) is 0 Å². The zero-order valence-corrected chi connectivity index (χ0v) is 14.0. The molecule has 2 atom stereocenters. The summed E-state index contributed by atoms with van der Waals surface area (Å²) in [7, 11) is 2.48. The van der Waals surface area contributed by atoms with E-state index in [-0.39, 0.29) is 11.6 Å². The van der Waals surface area contributed by atoms with Gasteiger partial charge in [-0.2, -0.15) is 0 Å². The predicted octanol–water partition coefficient (Wildman–Crippen LogP) is 2.91. The molecule has 4 nitrogen and oxygen atoms in total. The van der Waals surface area contributed by atoms with Gasteiger partial charge < -0.3 is 15.6 Å². The van der Waals surface area contributed by atoms with E-state index in [1.165, 1.54) is 19.3 Å². The van der Waals surface area contributed by atoms with Crippen molar-refractivity contribution in [2.24, 2.45) is 5.73 Å². The normalized spacial score (nSPS) is 20.8. The fraction of sp³-hybridized carbons (Fsp3) is 0.933. The Kier molecular flexibility index (Phi) is 8.67. The quantitative estimate of drug-likeness (QED) is 0.431. The van der Waals surface area contributed by atoms with Crippen LogP contribution in [0.2, 0.25) is 0 Å². The monoisotopic (exact) mass is 302 g/mol. The number of carbonyl (C=O) groups is 1. The van der Waals surface area contributed by atoms with Gasteiger partial charge in [-0.3, -0.25) is 4.79 Å². The molecule has 1 aliphatic rings. The number of hydrogen-bond donors (Lipinski definition) is 2. The Morgan fingerprint density at radius 2 is 1.85 bits per heavy atom. The molecule has 0 radical (unpaired) electrons. The summed E-state index contributed by atoms with van der Waals surface area (Å²) >= 11 is 0. The number of rotatable bonds is 7. The van der Waals surface area contributed by atoms with Crippen LogP contribution in [0.25, 0.3) is 0 Å². The number of ether oxygens (including phenoxy) is 1. The number of hydrogen-bond acceptors (Lipinski definition) is 4. The third-order valence-corrected chi connectivity index (χ3v) is 4.44. The van der Waals surface area contributed by atoms with Gasteiger partial charge in [0.25, 0.3) is 0 Å². The molecule has 1 aliphatic carbocycles. The molecular formula is C15H31N2O2P. The molecule has 3 N–H and O–H groups in total. The van der Waals surface area contributed by atoms with Crippen LogP contribution >= 0.6 is 9.39 Å². The first kappa shape index (κ1) is 17.9. The zero-order valence-electron chi connectivity index (χ0n) is 12.8. The number of esters is 1. The van der Waals surface area contributed by atoms with Gasteiger partial charge >= 0.3 is 5.97 Å². The highest BCUT2D eigenvalue weighted by atomic mass is 31.0. The Hall–Kier alpha value is -0.180. The van der Waals surface area contributed by atoms with E-state index in [1.54, 1.807) is 0 Å². The van der Waals surface area contributed by atoms with Crippen LogP contribution in [0.3, 0.4) is 0 Å². The van der Waals surface area contributed by atoms with E-state index in [4.69, 9.17) is 10.5 Å². The Bertz CT molecular complexity index is 279. The van der Waals surface area contributed by atoms with Crippen LogP contribution in [0, 0.1) is 0 Å². The molecule has 1 fully saturated rings. The van der Waals surface area contributed by atoms with Crippen molar-refractivity contribution in [1.29, 1.82) is 0 Å². The van der Waals surface area contributed by atoms with E-state index in [1.807, 2.05) is 0 Å². The van der Waals surface area contributed by atoms with Crippen molar-refractivity contribution < 1.29 is 9.53 Å². The Balaban J connectivity index is 2.34. The van der Waals surface area contributed by atoms with Gasteiger partial charge in [0.2, 0.25) is 0 Å². The minimum Gasteiger partial charge on any atom is -0.458 e. The van der Waals surface area contributed by atoms with Gasteiger partial charge in [0.1, 0.15) is 11.6 Å². The minimum atomic E-state index is -0.471. The van der Waals surface area contributed by atoms with E-state index < -0.39 is 6.04 Å². The molecule has 0 heterocycles. The van der Waals surface area contributed by atoms with Crippen molar-refractivity contribution in [2.45, 2.75) is 82.8 Å². The van der Waals surface area contributed by atoms with Crippen molar-refractivity contribution in [3.05, 3.63) is 0 Å². The second kappa shape index (κ2) is 9.70. The Morgan fingerprint density at radius 1 is 1.25 bits per heavy atom. The van der Waals surface area contributed by atoms with E-state index in [2.05, 4.69) is 21.4 Å². The molecule has 0 bridgehead atoms. The SMILES string of the molecule is CC1(OC(=O)[C@@H](N)CCCCNP)CCCCCCC1. The maximum atomic E-state index is 12.1. The summed E-state index contributed by atoms with van der Waals surface area (Å²) < 4.78 is 5.75. The summed E-state index contributed by atoms with van der Waals surface area (Å²) in [5.74, 6) is -0.216. The van der Waals surface area contributed by atoms with Gasteiger partial charge in [-0.1, -0.05) is 35.1 Å². The number of nitrogens with one attached hydrogen (secondary N) is 1. The fourth-order valence-corrected chi connectivity index (χ4v) is 2.99. The van der Waals surface area contributed by atoms with Crippen LogP contribution in [-0.2, 0) is 9.53 Å². The average molecular weight is 302 g/mol. The van der Waals surface area contributed by atoms with Gasteiger partial charge in [-0.05, 0) is 52.0 Å². The van der Waals surface area contributed by atoms with Crippen molar-refractivity contribution in [2.75, 3.05) is 6.54 Å². The van der Waals surface area contributed by atoms with Crippen molar-refractivity contribution in [3.63, 3.8) is 0 Å². The van der Waals surface area contributed by atoms with Gasteiger partial charge in [0.15, 0.2) is 0 Å². The molecule has 0 saturated heterocycles. The Labute approximate surface area is 125 Å². The zero-order chi connectivity index (χ0) is 14.8. The lowest BCUT2D eigenvalue weighted by atomic mass is 9.88. The largest absolute Gasteiger partial charge is 0.458 e. The molecule has 0 aromatic heterocycles. The minimum absolute atomic E-state index is 0.216. The molecule has 0 aromatic carbocycles. The third-order valence-electron chi connectivity index (χ3n) is 4.15. The van der Waals surface area contributed by atoms with Gasteiger partial charge in [0.05, 0.1) is 0 Å². The number of nitrogens with two attached hydrogens (primary N) is 1. The molecule has 1 unspecified atom stereocenters. The van der Waals surface area contributed by atoms with Crippen LogP contribution in [0.1, 0.15) is 71.1 Å². The number of carbonyl (C=O) groups excluding carboxylic acids is 1. The molecule has 0 amide bonds. The van der Waals surface area contributed by atoms with Crippen molar-refractivity contribution in [3.8, 4) is 0 Å². The van der Waals surface area contributed by atoms with E-state index in [0.29, 0.717) is 6.42 Å². The summed E-state index contributed by atoms with van der Waals surface area (Å²) in [6.45, 7) is 3.01. The van der Waals surface area contributed by atoms with Crippen LogP contribution < -0.4 is 10.8 Å². The standard InChI is InChI=1S/C15H31N2O2P/c1-15(10-6-3-2-4-7-11-15)19-14(18)13(16)9-5-8-12-17-20/h13,17H,2-12,16,20H2,1H3/t13-/m0/s1. The van der Waals surface area contributed by atoms with Crippen LogP contribution in [0.15, 0.2) is 0 Å². The molecular weight excluding hydrogens is 271 g/mol. The predicted molar refractivity (Wildman–Crippen MR) is 86.4 cm³/mol. The molecule has 1 saturated carbocycles. The van der Waals surface area contributed by atoms with Crippen LogP contribution in [0.4, 0.5) is 0 Å². The van der Waals surface area contributed by atoms with Crippen molar-refractivity contribution in [1.82, 2.24) is 5.09 Å². The first-order valence-corrected chi connectivity index (χ1v) is 8.57. The molecule has 0 spiro atoms. The highest BCUT2D eigenvalue weighted by molar-refractivity contribution is 7.13. The lowest BCUT2D eigenvalue weighted by Gasteiger charge is -2.32. The van der Waals surface area contributed by atoms with Crippen LogP contribution in [0.5, 0.6) is 0 Å². The fourth-order valence-electron chi connectivity index (χ4n) is 2.78. The van der Waals surface area contributed by atoms with Gasteiger partial charge in [-0.15, -0.1) is 0 Å². The second-order valence-electron chi connectivity index (χ2n) is 6.20. The maximum absolute atomic E-state index is 12.1. The number of unbranched alkanes of at least 4 members (excludes halogenated alkanes) is 1. The molecule has 118 valence electrons. The topological polar surface area (TPSA) is 64.3 Å². The Morgan fingerprint density at radius 3 is 2.45 bits per heavy atom.